The van der Waals surface area contributed by atoms with Crippen LogP contribution in [0.1, 0.15) is 30.0 Å². The summed E-state index contributed by atoms with van der Waals surface area (Å²) in [6.45, 7) is 3.86. The third-order valence-electron chi connectivity index (χ3n) is 5.30. The van der Waals surface area contributed by atoms with Crippen LogP contribution in [-0.4, -0.2) is 24.6 Å². The van der Waals surface area contributed by atoms with Gasteiger partial charge in [-0.05, 0) is 29.0 Å². The summed E-state index contributed by atoms with van der Waals surface area (Å²) >= 11 is 0. The van der Waals surface area contributed by atoms with E-state index in [1.807, 2.05) is 0 Å². The van der Waals surface area contributed by atoms with Crippen LogP contribution in [0.15, 0.2) is 60.7 Å². The molecule has 4 rings (SSSR count). The maximum absolute atomic E-state index is 3.56. The number of aromatic amines is 1. The molecule has 2 N–H and O–H groups in total. The Bertz CT molecular complexity index is 719. The second kappa shape index (κ2) is 6.59. The van der Waals surface area contributed by atoms with Crippen molar-refractivity contribution in [3.8, 4) is 0 Å². The highest BCUT2D eigenvalue weighted by atomic mass is 15.1. The zero-order valence-corrected chi connectivity index (χ0v) is 13.6. The second-order valence-corrected chi connectivity index (χ2v) is 6.82. The summed E-state index contributed by atoms with van der Waals surface area (Å²) < 4.78 is 0. The molecule has 2 heteroatoms. The Hall–Kier alpha value is -2.06. The van der Waals surface area contributed by atoms with Crippen molar-refractivity contribution in [1.82, 2.24) is 4.98 Å². The highest BCUT2D eigenvalue weighted by Gasteiger charge is 2.22. The first-order valence-electron chi connectivity index (χ1n) is 8.83. The molecule has 3 aromatic rings. The zero-order valence-electron chi connectivity index (χ0n) is 13.6. The molecule has 0 bridgehead atoms. The summed E-state index contributed by atoms with van der Waals surface area (Å²) in [6, 6.07) is 21.9. The maximum atomic E-state index is 3.56. The number of piperidine rings is 1. The van der Waals surface area contributed by atoms with Crippen molar-refractivity contribution >= 4 is 10.9 Å². The fraction of sp³-hybridized carbons (Fsp3) is 0.333. The van der Waals surface area contributed by atoms with Crippen molar-refractivity contribution in [2.45, 2.75) is 25.2 Å². The van der Waals surface area contributed by atoms with E-state index in [0.717, 1.165) is 12.3 Å². The summed E-state index contributed by atoms with van der Waals surface area (Å²) in [5.41, 5.74) is 4.17. The summed E-state index contributed by atoms with van der Waals surface area (Å²) in [5, 5.41) is 1.33. The lowest BCUT2D eigenvalue weighted by Gasteiger charge is -2.29. The van der Waals surface area contributed by atoms with E-state index in [4.69, 9.17) is 0 Å². The number of hydrogen-bond donors (Lipinski definition) is 2. The van der Waals surface area contributed by atoms with Crippen LogP contribution in [0.2, 0.25) is 0 Å². The summed E-state index contributed by atoms with van der Waals surface area (Å²) in [7, 11) is 0. The molecule has 0 radical (unpaired) electrons. The van der Waals surface area contributed by atoms with Crippen LogP contribution in [0.4, 0.5) is 0 Å². The number of aromatic nitrogens is 1. The van der Waals surface area contributed by atoms with Gasteiger partial charge in [-0.25, -0.2) is 0 Å². The van der Waals surface area contributed by atoms with Crippen molar-refractivity contribution in [2.75, 3.05) is 19.6 Å². The molecule has 0 amide bonds. The number of fused-ring (bicyclic) bond motifs is 1. The molecule has 1 aromatic heterocycles. The van der Waals surface area contributed by atoms with Gasteiger partial charge in [0.2, 0.25) is 0 Å². The number of nitrogens with one attached hydrogen (secondary N) is 2. The summed E-state index contributed by atoms with van der Waals surface area (Å²) in [5.74, 6) is 0.771. The van der Waals surface area contributed by atoms with E-state index in [-0.39, 0.29) is 0 Å². The van der Waals surface area contributed by atoms with E-state index in [9.17, 15) is 0 Å². The molecule has 0 aliphatic carbocycles. The lowest BCUT2D eigenvalue weighted by atomic mass is 9.89. The van der Waals surface area contributed by atoms with Gasteiger partial charge in [0.25, 0.3) is 0 Å². The molecule has 118 valence electrons. The van der Waals surface area contributed by atoms with Crippen LogP contribution >= 0.6 is 0 Å². The third-order valence-corrected chi connectivity index (χ3v) is 5.30. The van der Waals surface area contributed by atoms with Crippen LogP contribution in [0, 0.1) is 0 Å². The number of H-pyrrole nitrogens is 1. The van der Waals surface area contributed by atoms with Crippen molar-refractivity contribution in [1.29, 1.82) is 0 Å². The SMILES string of the molecule is c1ccc(C2CC[NH+](CCc3cc4ccccc4[nH]3)CC2)cc1. The third kappa shape index (κ3) is 3.32. The number of quaternary nitrogens is 1. The lowest BCUT2D eigenvalue weighted by Crippen LogP contribution is -3.13. The van der Waals surface area contributed by atoms with E-state index < -0.39 is 0 Å². The average Bonchev–Trinajstić information content (AvgIpc) is 3.04. The van der Waals surface area contributed by atoms with E-state index >= 15 is 0 Å². The van der Waals surface area contributed by atoms with Gasteiger partial charge in [0.15, 0.2) is 0 Å². The zero-order chi connectivity index (χ0) is 15.5. The number of likely N-dealkylation sites (tertiary alicyclic amines) is 1. The fourth-order valence-corrected chi connectivity index (χ4v) is 3.91. The molecular formula is C21H25N2+. The van der Waals surface area contributed by atoms with Crippen LogP contribution in [0.3, 0.4) is 0 Å². The molecule has 23 heavy (non-hydrogen) atoms. The molecule has 2 aromatic carbocycles. The van der Waals surface area contributed by atoms with E-state index in [0.29, 0.717) is 0 Å². The van der Waals surface area contributed by atoms with Gasteiger partial charge < -0.3 is 9.88 Å². The molecule has 0 unspecified atom stereocenters. The van der Waals surface area contributed by atoms with Crippen LogP contribution in [-0.2, 0) is 6.42 Å². The van der Waals surface area contributed by atoms with Crippen LogP contribution in [0.25, 0.3) is 10.9 Å². The number of rotatable bonds is 4. The first-order valence-corrected chi connectivity index (χ1v) is 8.83. The van der Waals surface area contributed by atoms with Crippen molar-refractivity contribution in [2.24, 2.45) is 0 Å². The van der Waals surface area contributed by atoms with E-state index in [2.05, 4.69) is 65.6 Å². The molecule has 1 saturated heterocycles. The monoisotopic (exact) mass is 305 g/mol. The predicted octanol–water partition coefficient (Wildman–Crippen LogP) is 3.17. The van der Waals surface area contributed by atoms with Gasteiger partial charge >= 0.3 is 0 Å². The van der Waals surface area contributed by atoms with Crippen LogP contribution in [0.5, 0.6) is 0 Å². The minimum absolute atomic E-state index is 0.771. The summed E-state index contributed by atoms with van der Waals surface area (Å²) in [6.07, 6.45) is 3.80. The van der Waals surface area contributed by atoms with Gasteiger partial charge in [-0.2, -0.15) is 0 Å². The largest absolute Gasteiger partial charge is 0.358 e. The Morgan fingerprint density at radius 1 is 0.913 bits per heavy atom. The fourth-order valence-electron chi connectivity index (χ4n) is 3.91. The van der Waals surface area contributed by atoms with Gasteiger partial charge in [0.05, 0.1) is 19.6 Å². The molecule has 1 fully saturated rings. The van der Waals surface area contributed by atoms with Crippen LogP contribution < -0.4 is 4.90 Å². The van der Waals surface area contributed by atoms with Gasteiger partial charge in [0, 0.05) is 30.5 Å². The van der Waals surface area contributed by atoms with Crippen molar-refractivity contribution in [3.05, 3.63) is 71.9 Å². The second-order valence-electron chi connectivity index (χ2n) is 6.82. The van der Waals surface area contributed by atoms with Crippen molar-refractivity contribution in [3.63, 3.8) is 0 Å². The minimum Gasteiger partial charge on any atom is -0.358 e. The first kappa shape index (κ1) is 14.5. The standard InChI is InChI=1S/C21H24N2/c1-2-6-17(7-3-1)18-10-13-23(14-11-18)15-12-20-16-19-8-4-5-9-21(19)22-20/h1-9,16,18,22H,10-15H2/p+1. The predicted molar refractivity (Wildman–Crippen MR) is 96.0 cm³/mol. The molecule has 0 atom stereocenters. The molecular weight excluding hydrogens is 280 g/mol. The molecule has 1 aliphatic heterocycles. The highest BCUT2D eigenvalue weighted by Crippen LogP contribution is 2.23. The Morgan fingerprint density at radius 3 is 2.43 bits per heavy atom. The number of hydrogen-bond acceptors (Lipinski definition) is 0. The Kier molecular flexibility index (Phi) is 4.16. The lowest BCUT2D eigenvalue weighted by molar-refractivity contribution is -0.905. The van der Waals surface area contributed by atoms with Gasteiger partial charge in [-0.1, -0.05) is 48.5 Å². The Balaban J connectivity index is 1.31. The highest BCUT2D eigenvalue weighted by molar-refractivity contribution is 5.80. The van der Waals surface area contributed by atoms with Gasteiger partial charge in [-0.15, -0.1) is 0 Å². The van der Waals surface area contributed by atoms with E-state index in [1.54, 1.807) is 4.90 Å². The molecule has 2 nitrogen and oxygen atoms in total. The van der Waals surface area contributed by atoms with E-state index in [1.165, 1.54) is 54.6 Å². The Morgan fingerprint density at radius 2 is 1.65 bits per heavy atom. The minimum atomic E-state index is 0.771. The molecule has 1 aliphatic rings. The summed E-state index contributed by atoms with van der Waals surface area (Å²) in [4.78, 5) is 5.32. The quantitative estimate of drug-likeness (QED) is 0.738. The number of para-hydroxylation sites is 1. The normalized spacial score (nSPS) is 21.6. The van der Waals surface area contributed by atoms with Gasteiger partial charge in [-0.3, -0.25) is 0 Å². The average molecular weight is 305 g/mol. The first-order chi connectivity index (χ1) is 11.4. The molecule has 0 spiro atoms. The topological polar surface area (TPSA) is 20.2 Å². The van der Waals surface area contributed by atoms with Crippen molar-refractivity contribution < 1.29 is 4.90 Å². The van der Waals surface area contributed by atoms with Gasteiger partial charge in [0.1, 0.15) is 0 Å². The Labute approximate surface area is 138 Å². The molecule has 2 heterocycles. The maximum Gasteiger partial charge on any atom is 0.0826 e. The smallest absolute Gasteiger partial charge is 0.0826 e. The number of benzene rings is 2. The molecule has 0 saturated carbocycles.